The molecule has 1 fully saturated rings. The number of hydrogen-bond donors (Lipinski definition) is 1. The predicted octanol–water partition coefficient (Wildman–Crippen LogP) is 2.44. The molecule has 1 N–H and O–H groups in total. The third-order valence-electron chi connectivity index (χ3n) is 3.86. The Bertz CT molecular complexity index is 599. The van der Waals surface area contributed by atoms with Crippen LogP contribution >= 0.6 is 11.6 Å². The van der Waals surface area contributed by atoms with Crippen LogP contribution in [0, 0.1) is 0 Å². The van der Waals surface area contributed by atoms with Crippen molar-refractivity contribution in [2.24, 2.45) is 0 Å². The van der Waals surface area contributed by atoms with Crippen molar-refractivity contribution in [1.82, 2.24) is 15.0 Å². The molecule has 1 aromatic heterocycles. The van der Waals surface area contributed by atoms with E-state index in [0.29, 0.717) is 29.7 Å². The van der Waals surface area contributed by atoms with Gasteiger partial charge in [0.2, 0.25) is 5.89 Å². The fourth-order valence-electron chi connectivity index (χ4n) is 2.57. The second kappa shape index (κ2) is 6.13. The van der Waals surface area contributed by atoms with Crippen molar-refractivity contribution >= 4 is 11.6 Å². The van der Waals surface area contributed by atoms with Gasteiger partial charge in [-0.2, -0.15) is 4.98 Å². The molecule has 0 saturated carbocycles. The van der Waals surface area contributed by atoms with Crippen molar-refractivity contribution in [1.29, 1.82) is 0 Å². The van der Waals surface area contributed by atoms with Gasteiger partial charge < -0.3 is 9.63 Å². The van der Waals surface area contributed by atoms with Crippen molar-refractivity contribution in [3.05, 3.63) is 46.6 Å². The molecule has 2 heterocycles. The molecule has 2 aromatic rings. The molecule has 1 unspecified atom stereocenters. The Kier molecular flexibility index (Phi) is 4.24. The first kappa shape index (κ1) is 14.5. The molecule has 3 rings (SSSR count). The van der Waals surface area contributed by atoms with Crippen molar-refractivity contribution in [2.45, 2.75) is 31.9 Å². The van der Waals surface area contributed by atoms with Gasteiger partial charge in [-0.05, 0) is 31.0 Å². The summed E-state index contributed by atoms with van der Waals surface area (Å²) < 4.78 is 5.36. The maximum Gasteiger partial charge on any atom is 0.243 e. The summed E-state index contributed by atoms with van der Waals surface area (Å²) in [7, 11) is 0. The lowest BCUT2D eigenvalue weighted by atomic mass is 10.1. The number of nitrogens with zero attached hydrogens (tertiary/aromatic N) is 3. The fraction of sp³-hybridized carbons (Fsp3) is 0.467. The highest BCUT2D eigenvalue weighted by Crippen LogP contribution is 2.23. The largest absolute Gasteiger partial charge is 0.392 e. The van der Waals surface area contributed by atoms with Crippen LogP contribution in [-0.2, 0) is 6.42 Å². The van der Waals surface area contributed by atoms with E-state index in [0.717, 1.165) is 18.5 Å². The van der Waals surface area contributed by atoms with Gasteiger partial charge in [0.05, 0.1) is 12.1 Å². The highest BCUT2D eigenvalue weighted by molar-refractivity contribution is 6.30. The first-order valence-electron chi connectivity index (χ1n) is 7.11. The van der Waals surface area contributed by atoms with E-state index in [1.807, 2.05) is 31.2 Å². The number of aliphatic hydroxyl groups excluding tert-OH is 1. The Morgan fingerprint density at radius 3 is 2.86 bits per heavy atom. The Balaban J connectivity index is 1.67. The van der Waals surface area contributed by atoms with Gasteiger partial charge in [-0.3, -0.25) is 4.90 Å². The number of rotatable bonds is 4. The quantitative estimate of drug-likeness (QED) is 0.940. The molecule has 1 aliphatic heterocycles. The van der Waals surface area contributed by atoms with Gasteiger partial charge in [0.25, 0.3) is 0 Å². The number of likely N-dealkylation sites (tertiary alicyclic amines) is 1. The van der Waals surface area contributed by atoms with Crippen molar-refractivity contribution in [3.63, 3.8) is 0 Å². The van der Waals surface area contributed by atoms with Crippen LogP contribution in [0.3, 0.4) is 0 Å². The van der Waals surface area contributed by atoms with Crippen LogP contribution in [0.4, 0.5) is 0 Å². The molecular weight excluding hydrogens is 290 g/mol. The third-order valence-corrected chi connectivity index (χ3v) is 4.11. The van der Waals surface area contributed by atoms with Gasteiger partial charge >= 0.3 is 0 Å². The molecule has 21 heavy (non-hydrogen) atoms. The second-order valence-electron chi connectivity index (χ2n) is 5.47. The zero-order valence-electron chi connectivity index (χ0n) is 11.9. The summed E-state index contributed by atoms with van der Waals surface area (Å²) in [5.74, 6) is 1.27. The van der Waals surface area contributed by atoms with Gasteiger partial charge in [0.1, 0.15) is 0 Å². The zero-order valence-corrected chi connectivity index (χ0v) is 12.6. The lowest BCUT2D eigenvalue weighted by Gasteiger charge is -2.19. The van der Waals surface area contributed by atoms with Crippen molar-refractivity contribution in [2.75, 3.05) is 13.1 Å². The van der Waals surface area contributed by atoms with Crippen LogP contribution in [0.25, 0.3) is 0 Å². The number of β-amino-alcohol motifs (C(OH)–C–C–N with tert-alkyl or cyclic N) is 1. The van der Waals surface area contributed by atoms with E-state index in [-0.39, 0.29) is 12.1 Å². The number of aromatic nitrogens is 2. The van der Waals surface area contributed by atoms with Crippen LogP contribution in [0.1, 0.15) is 36.7 Å². The molecular formula is C15H18ClN3O2. The van der Waals surface area contributed by atoms with E-state index in [1.54, 1.807) is 0 Å². The molecule has 1 saturated heterocycles. The summed E-state index contributed by atoms with van der Waals surface area (Å²) in [5.41, 5.74) is 1.09. The lowest BCUT2D eigenvalue weighted by molar-refractivity contribution is 0.151. The van der Waals surface area contributed by atoms with E-state index >= 15 is 0 Å². The predicted molar refractivity (Wildman–Crippen MR) is 79.2 cm³/mol. The second-order valence-corrected chi connectivity index (χ2v) is 5.90. The molecule has 1 aliphatic rings. The van der Waals surface area contributed by atoms with Gasteiger partial charge in [0.15, 0.2) is 5.82 Å². The molecule has 112 valence electrons. The molecule has 5 nitrogen and oxygen atoms in total. The minimum Gasteiger partial charge on any atom is -0.392 e. The van der Waals surface area contributed by atoms with Crippen molar-refractivity contribution in [3.8, 4) is 0 Å². The zero-order chi connectivity index (χ0) is 14.8. The fourth-order valence-corrected chi connectivity index (χ4v) is 2.70. The molecule has 6 heteroatoms. The van der Waals surface area contributed by atoms with E-state index in [9.17, 15) is 5.11 Å². The van der Waals surface area contributed by atoms with Gasteiger partial charge in [0, 0.05) is 24.5 Å². The van der Waals surface area contributed by atoms with Crippen LogP contribution in [0.2, 0.25) is 5.02 Å². The average molecular weight is 308 g/mol. The SMILES string of the molecule is CC(c1nc(Cc2ccc(Cl)cc2)no1)N1CC[C@@H](O)C1. The molecule has 2 atom stereocenters. The molecule has 1 aromatic carbocycles. The summed E-state index contributed by atoms with van der Waals surface area (Å²) in [6, 6.07) is 7.66. The standard InChI is InChI=1S/C15H18ClN3O2/c1-10(19-7-6-13(20)9-19)15-17-14(18-21-15)8-11-2-4-12(16)5-3-11/h2-5,10,13,20H,6-9H2,1H3/t10?,13-/m1/s1. The number of aliphatic hydroxyl groups is 1. The van der Waals surface area contributed by atoms with Crippen LogP contribution in [0.15, 0.2) is 28.8 Å². The van der Waals surface area contributed by atoms with E-state index in [1.165, 1.54) is 0 Å². The van der Waals surface area contributed by atoms with E-state index in [2.05, 4.69) is 15.0 Å². The number of benzene rings is 1. The Morgan fingerprint density at radius 1 is 1.43 bits per heavy atom. The van der Waals surface area contributed by atoms with Crippen LogP contribution < -0.4 is 0 Å². The summed E-state index contributed by atoms with van der Waals surface area (Å²) in [6.07, 6.45) is 1.18. The molecule has 0 spiro atoms. The minimum absolute atomic E-state index is 0.0358. The first-order valence-corrected chi connectivity index (χ1v) is 7.48. The van der Waals surface area contributed by atoms with Gasteiger partial charge in [-0.1, -0.05) is 28.9 Å². The maximum atomic E-state index is 9.60. The summed E-state index contributed by atoms with van der Waals surface area (Å²) in [6.45, 7) is 3.55. The average Bonchev–Trinajstić information content (AvgIpc) is 3.10. The van der Waals surface area contributed by atoms with Crippen molar-refractivity contribution < 1.29 is 9.63 Å². The molecule has 0 radical (unpaired) electrons. The highest BCUT2D eigenvalue weighted by atomic mass is 35.5. The summed E-state index contributed by atoms with van der Waals surface area (Å²) in [4.78, 5) is 6.62. The van der Waals surface area contributed by atoms with Crippen LogP contribution in [-0.4, -0.2) is 39.3 Å². The molecule has 0 aliphatic carbocycles. The maximum absolute atomic E-state index is 9.60. The normalized spacial score (nSPS) is 20.8. The molecule has 0 amide bonds. The summed E-state index contributed by atoms with van der Waals surface area (Å²) >= 11 is 5.87. The lowest BCUT2D eigenvalue weighted by Crippen LogP contribution is -2.25. The van der Waals surface area contributed by atoms with Crippen LogP contribution in [0.5, 0.6) is 0 Å². The topological polar surface area (TPSA) is 62.4 Å². The summed E-state index contributed by atoms with van der Waals surface area (Å²) in [5, 5.41) is 14.4. The number of hydrogen-bond acceptors (Lipinski definition) is 5. The monoisotopic (exact) mass is 307 g/mol. The number of halogens is 1. The third kappa shape index (κ3) is 3.43. The van der Waals surface area contributed by atoms with E-state index in [4.69, 9.17) is 16.1 Å². The Labute approximate surface area is 128 Å². The Hall–Kier alpha value is -1.43. The van der Waals surface area contributed by atoms with E-state index < -0.39 is 0 Å². The minimum atomic E-state index is -0.246. The molecule has 0 bridgehead atoms. The first-order chi connectivity index (χ1) is 10.1. The van der Waals surface area contributed by atoms with Gasteiger partial charge in [-0.15, -0.1) is 0 Å². The smallest absolute Gasteiger partial charge is 0.243 e. The highest BCUT2D eigenvalue weighted by Gasteiger charge is 2.28. The Morgan fingerprint density at radius 2 is 2.19 bits per heavy atom. The van der Waals surface area contributed by atoms with Gasteiger partial charge in [-0.25, -0.2) is 0 Å².